The van der Waals surface area contributed by atoms with E-state index in [1.54, 1.807) is 11.3 Å². The van der Waals surface area contributed by atoms with Gasteiger partial charge in [-0.2, -0.15) is 0 Å². The van der Waals surface area contributed by atoms with Crippen LogP contribution < -0.4 is 9.64 Å². The fourth-order valence-corrected chi connectivity index (χ4v) is 2.94. The second-order valence-corrected chi connectivity index (χ2v) is 5.65. The van der Waals surface area contributed by atoms with Crippen molar-refractivity contribution in [1.29, 1.82) is 0 Å². The highest BCUT2D eigenvalue weighted by Crippen LogP contribution is 2.32. The third kappa shape index (κ3) is 2.49. The SMILES string of the molecule is Cc1ccc2c(c1)N(C(=O)Cc1cccs1)CCO2. The van der Waals surface area contributed by atoms with Crippen molar-refractivity contribution in [3.63, 3.8) is 0 Å². The average Bonchev–Trinajstić information content (AvgIpc) is 2.90. The number of nitrogens with zero attached hydrogens (tertiary/aromatic N) is 1. The number of carbonyl (C=O) groups is 1. The third-order valence-corrected chi connectivity index (χ3v) is 4.06. The topological polar surface area (TPSA) is 29.5 Å². The molecule has 0 radical (unpaired) electrons. The van der Waals surface area contributed by atoms with E-state index in [1.807, 2.05) is 47.5 Å². The minimum Gasteiger partial charge on any atom is -0.490 e. The Labute approximate surface area is 116 Å². The smallest absolute Gasteiger partial charge is 0.232 e. The summed E-state index contributed by atoms with van der Waals surface area (Å²) in [5, 5.41) is 2.00. The van der Waals surface area contributed by atoms with Gasteiger partial charge in [-0.3, -0.25) is 4.79 Å². The summed E-state index contributed by atoms with van der Waals surface area (Å²) in [6, 6.07) is 9.94. The van der Waals surface area contributed by atoms with Gasteiger partial charge in [0.1, 0.15) is 12.4 Å². The number of ether oxygens (including phenoxy) is 1. The van der Waals surface area contributed by atoms with Gasteiger partial charge < -0.3 is 9.64 Å². The van der Waals surface area contributed by atoms with Gasteiger partial charge in [0.15, 0.2) is 0 Å². The Hall–Kier alpha value is -1.81. The molecule has 0 unspecified atom stereocenters. The molecule has 1 aromatic heterocycles. The van der Waals surface area contributed by atoms with E-state index in [9.17, 15) is 4.79 Å². The maximum atomic E-state index is 12.4. The van der Waals surface area contributed by atoms with Gasteiger partial charge in [0.05, 0.1) is 18.7 Å². The normalized spacial score (nSPS) is 13.8. The highest BCUT2D eigenvalue weighted by Gasteiger charge is 2.23. The van der Waals surface area contributed by atoms with Crippen LogP contribution in [0.2, 0.25) is 0 Å². The summed E-state index contributed by atoms with van der Waals surface area (Å²) in [7, 11) is 0. The number of rotatable bonds is 2. The van der Waals surface area contributed by atoms with Crippen molar-refractivity contribution >= 4 is 22.9 Å². The van der Waals surface area contributed by atoms with Crippen LogP contribution in [0.5, 0.6) is 5.75 Å². The molecule has 0 spiro atoms. The molecule has 19 heavy (non-hydrogen) atoms. The molecule has 98 valence electrons. The first kappa shape index (κ1) is 12.2. The summed E-state index contributed by atoms with van der Waals surface area (Å²) >= 11 is 1.62. The second kappa shape index (κ2) is 5.05. The second-order valence-electron chi connectivity index (χ2n) is 4.62. The first-order chi connectivity index (χ1) is 9.24. The van der Waals surface area contributed by atoms with E-state index in [0.29, 0.717) is 19.6 Å². The van der Waals surface area contributed by atoms with Crippen molar-refractivity contribution in [2.45, 2.75) is 13.3 Å². The van der Waals surface area contributed by atoms with E-state index in [4.69, 9.17) is 4.74 Å². The maximum absolute atomic E-state index is 12.4. The summed E-state index contributed by atoms with van der Waals surface area (Å²) in [6.07, 6.45) is 0.463. The Kier molecular flexibility index (Phi) is 3.25. The van der Waals surface area contributed by atoms with Crippen LogP contribution in [0.4, 0.5) is 5.69 Å². The summed E-state index contributed by atoms with van der Waals surface area (Å²) in [5.74, 6) is 0.939. The standard InChI is InChI=1S/C15H15NO2S/c1-11-4-5-14-13(9-11)16(6-7-18-14)15(17)10-12-3-2-8-19-12/h2-5,8-9H,6-7,10H2,1H3. The summed E-state index contributed by atoms with van der Waals surface area (Å²) < 4.78 is 5.60. The molecular weight excluding hydrogens is 258 g/mol. The number of thiophene rings is 1. The van der Waals surface area contributed by atoms with Gasteiger partial charge in [0.2, 0.25) is 5.91 Å². The average molecular weight is 273 g/mol. The lowest BCUT2D eigenvalue weighted by Gasteiger charge is -2.29. The molecule has 0 aliphatic carbocycles. The van der Waals surface area contributed by atoms with Crippen molar-refractivity contribution in [2.75, 3.05) is 18.1 Å². The molecule has 0 saturated carbocycles. The predicted octanol–water partition coefficient (Wildman–Crippen LogP) is 3.02. The van der Waals surface area contributed by atoms with E-state index >= 15 is 0 Å². The molecule has 1 aliphatic rings. The van der Waals surface area contributed by atoms with Gasteiger partial charge in [0, 0.05) is 4.88 Å². The van der Waals surface area contributed by atoms with E-state index in [1.165, 1.54) is 0 Å². The fraction of sp³-hybridized carbons (Fsp3) is 0.267. The molecule has 3 nitrogen and oxygen atoms in total. The molecule has 2 heterocycles. The first-order valence-electron chi connectivity index (χ1n) is 6.30. The minimum atomic E-state index is 0.137. The van der Waals surface area contributed by atoms with Gasteiger partial charge in [-0.1, -0.05) is 12.1 Å². The van der Waals surface area contributed by atoms with Gasteiger partial charge in [0.25, 0.3) is 0 Å². The molecule has 3 rings (SSSR count). The van der Waals surface area contributed by atoms with Gasteiger partial charge >= 0.3 is 0 Å². The zero-order chi connectivity index (χ0) is 13.2. The molecule has 0 bridgehead atoms. The summed E-state index contributed by atoms with van der Waals surface area (Å²) in [4.78, 5) is 15.4. The number of hydrogen-bond acceptors (Lipinski definition) is 3. The van der Waals surface area contributed by atoms with Gasteiger partial charge in [-0.25, -0.2) is 0 Å². The van der Waals surface area contributed by atoms with Crippen molar-refractivity contribution in [3.05, 3.63) is 46.2 Å². The number of amides is 1. The Morgan fingerprint density at radius 3 is 3.11 bits per heavy atom. The number of carbonyl (C=O) groups excluding carboxylic acids is 1. The summed E-state index contributed by atoms with van der Waals surface area (Å²) in [6.45, 7) is 3.21. The molecule has 0 N–H and O–H groups in total. The predicted molar refractivity (Wildman–Crippen MR) is 77.1 cm³/mol. The highest BCUT2D eigenvalue weighted by atomic mass is 32.1. The highest BCUT2D eigenvalue weighted by molar-refractivity contribution is 7.10. The van der Waals surface area contributed by atoms with Crippen LogP contribution >= 0.6 is 11.3 Å². The van der Waals surface area contributed by atoms with Crippen LogP contribution in [0.15, 0.2) is 35.7 Å². The first-order valence-corrected chi connectivity index (χ1v) is 7.18. The molecular formula is C15H15NO2S. The lowest BCUT2D eigenvalue weighted by atomic mass is 10.1. The van der Waals surface area contributed by atoms with Crippen molar-refractivity contribution in [3.8, 4) is 5.75 Å². The zero-order valence-electron chi connectivity index (χ0n) is 10.8. The molecule has 0 saturated heterocycles. The van der Waals surface area contributed by atoms with Crippen LogP contribution in [-0.2, 0) is 11.2 Å². The molecule has 2 aromatic rings. The van der Waals surface area contributed by atoms with Crippen molar-refractivity contribution < 1.29 is 9.53 Å². The Morgan fingerprint density at radius 1 is 1.42 bits per heavy atom. The van der Waals surface area contributed by atoms with E-state index in [0.717, 1.165) is 21.9 Å². The summed E-state index contributed by atoms with van der Waals surface area (Å²) in [5.41, 5.74) is 2.03. The van der Waals surface area contributed by atoms with E-state index < -0.39 is 0 Å². The van der Waals surface area contributed by atoms with Gasteiger partial charge in [-0.05, 0) is 36.1 Å². The molecule has 1 aromatic carbocycles. The van der Waals surface area contributed by atoms with Crippen LogP contribution in [0.25, 0.3) is 0 Å². The molecule has 1 aliphatic heterocycles. The van der Waals surface area contributed by atoms with Crippen LogP contribution in [0.3, 0.4) is 0 Å². The molecule has 0 fully saturated rings. The Balaban J connectivity index is 1.86. The molecule has 4 heteroatoms. The number of fused-ring (bicyclic) bond motifs is 1. The fourth-order valence-electron chi connectivity index (χ4n) is 2.24. The van der Waals surface area contributed by atoms with E-state index in [2.05, 4.69) is 0 Å². The quantitative estimate of drug-likeness (QED) is 0.841. The monoisotopic (exact) mass is 273 g/mol. The number of anilines is 1. The number of benzene rings is 1. The number of hydrogen-bond donors (Lipinski definition) is 0. The minimum absolute atomic E-state index is 0.137. The lowest BCUT2D eigenvalue weighted by Crippen LogP contribution is -2.38. The molecule has 1 amide bonds. The number of aryl methyl sites for hydroxylation is 1. The van der Waals surface area contributed by atoms with E-state index in [-0.39, 0.29) is 5.91 Å². The Bertz CT molecular complexity index is 592. The van der Waals surface area contributed by atoms with Crippen LogP contribution in [-0.4, -0.2) is 19.1 Å². The Morgan fingerprint density at radius 2 is 2.32 bits per heavy atom. The van der Waals surface area contributed by atoms with Gasteiger partial charge in [-0.15, -0.1) is 11.3 Å². The zero-order valence-corrected chi connectivity index (χ0v) is 11.6. The maximum Gasteiger partial charge on any atom is 0.232 e. The molecule has 0 atom stereocenters. The third-order valence-electron chi connectivity index (χ3n) is 3.18. The van der Waals surface area contributed by atoms with Crippen LogP contribution in [0, 0.1) is 6.92 Å². The largest absolute Gasteiger partial charge is 0.490 e. The van der Waals surface area contributed by atoms with Crippen molar-refractivity contribution in [1.82, 2.24) is 0 Å². The van der Waals surface area contributed by atoms with Crippen LogP contribution in [0.1, 0.15) is 10.4 Å². The van der Waals surface area contributed by atoms with Crippen molar-refractivity contribution in [2.24, 2.45) is 0 Å². The lowest BCUT2D eigenvalue weighted by molar-refractivity contribution is -0.118.